The van der Waals surface area contributed by atoms with Crippen molar-refractivity contribution in [2.75, 3.05) is 63.9 Å². The minimum absolute atomic E-state index is 0.729. The van der Waals surface area contributed by atoms with Crippen molar-refractivity contribution in [1.29, 1.82) is 0 Å². The van der Waals surface area contributed by atoms with E-state index in [1.54, 1.807) is 0 Å². The average Bonchev–Trinajstić information content (AvgIpc) is 3.51. The first kappa shape index (κ1) is 22.9. The second-order valence-electron chi connectivity index (χ2n) is 10.1. The molecule has 0 unspecified atom stereocenters. The van der Waals surface area contributed by atoms with Gasteiger partial charge in [-0.25, -0.2) is 9.97 Å². The number of aromatic nitrogens is 3. The molecule has 3 aromatic heterocycles. The Labute approximate surface area is 210 Å². The van der Waals surface area contributed by atoms with Crippen LogP contribution in [0.4, 0.5) is 5.82 Å². The van der Waals surface area contributed by atoms with Crippen LogP contribution in [0.25, 0.3) is 32.5 Å². The molecular weight excluding hydrogens is 456 g/mol. The Kier molecular flexibility index (Phi) is 6.45. The van der Waals surface area contributed by atoms with Crippen LogP contribution >= 0.6 is 11.3 Å². The Balaban J connectivity index is 1.33. The van der Waals surface area contributed by atoms with Gasteiger partial charge in [-0.1, -0.05) is 26.0 Å². The SMILES string of the molecule is CC(C)CN1CCN(Cc2cc3nc(-c4cccc5[nH]ccc45)nc(N4CCOCC4)c3s2)CC1. The number of nitrogens with one attached hydrogen (secondary N) is 1. The lowest BCUT2D eigenvalue weighted by Gasteiger charge is -2.35. The standard InChI is InChI=1S/C27H34N6OS/c1-19(2)17-31-8-10-32(11-9-31)18-20-16-24-25(35-20)27(33-12-14-34-15-13-33)30-26(29-24)22-4-3-5-23-21(22)6-7-28-23/h3-7,16,19,28H,8-15,17-18H2,1-2H3. The summed E-state index contributed by atoms with van der Waals surface area (Å²) in [5.41, 5.74) is 3.25. The van der Waals surface area contributed by atoms with Crippen LogP contribution < -0.4 is 4.90 Å². The Hall–Kier alpha value is -2.52. The molecule has 35 heavy (non-hydrogen) atoms. The highest BCUT2D eigenvalue weighted by Crippen LogP contribution is 2.36. The highest BCUT2D eigenvalue weighted by molar-refractivity contribution is 7.19. The molecule has 2 aliphatic heterocycles. The van der Waals surface area contributed by atoms with Crippen LogP contribution in [0.1, 0.15) is 18.7 Å². The predicted molar refractivity (Wildman–Crippen MR) is 144 cm³/mol. The molecule has 7 nitrogen and oxygen atoms in total. The number of H-pyrrole nitrogens is 1. The van der Waals surface area contributed by atoms with E-state index in [2.05, 4.69) is 63.9 Å². The van der Waals surface area contributed by atoms with Crippen molar-refractivity contribution in [3.8, 4) is 11.4 Å². The molecular formula is C27H34N6OS. The van der Waals surface area contributed by atoms with E-state index in [0.29, 0.717) is 0 Å². The molecule has 2 saturated heterocycles. The fourth-order valence-electron chi connectivity index (χ4n) is 5.30. The molecule has 2 fully saturated rings. The molecule has 5 heterocycles. The molecule has 0 atom stereocenters. The summed E-state index contributed by atoms with van der Waals surface area (Å²) in [7, 11) is 0. The number of nitrogens with zero attached hydrogens (tertiary/aromatic N) is 5. The molecule has 0 bridgehead atoms. The van der Waals surface area contributed by atoms with Crippen LogP contribution in [-0.2, 0) is 11.3 Å². The molecule has 1 N–H and O–H groups in total. The Morgan fingerprint density at radius 2 is 1.80 bits per heavy atom. The lowest BCUT2D eigenvalue weighted by atomic mass is 10.1. The number of hydrogen-bond donors (Lipinski definition) is 1. The lowest BCUT2D eigenvalue weighted by Crippen LogP contribution is -2.46. The van der Waals surface area contributed by atoms with Crippen molar-refractivity contribution in [2.45, 2.75) is 20.4 Å². The highest BCUT2D eigenvalue weighted by atomic mass is 32.1. The molecule has 1 aromatic carbocycles. The van der Waals surface area contributed by atoms with E-state index in [1.807, 2.05) is 17.5 Å². The molecule has 0 radical (unpaired) electrons. The molecule has 0 amide bonds. The van der Waals surface area contributed by atoms with E-state index in [9.17, 15) is 0 Å². The zero-order chi connectivity index (χ0) is 23.8. The summed E-state index contributed by atoms with van der Waals surface area (Å²) in [6, 6.07) is 10.7. The minimum atomic E-state index is 0.729. The van der Waals surface area contributed by atoms with Crippen molar-refractivity contribution in [1.82, 2.24) is 24.8 Å². The van der Waals surface area contributed by atoms with Gasteiger partial charge in [-0.2, -0.15) is 0 Å². The third kappa shape index (κ3) is 4.80. The van der Waals surface area contributed by atoms with E-state index < -0.39 is 0 Å². The number of rotatable bonds is 6. The van der Waals surface area contributed by atoms with Crippen LogP contribution in [0.2, 0.25) is 0 Å². The molecule has 6 rings (SSSR count). The zero-order valence-corrected chi connectivity index (χ0v) is 21.5. The second kappa shape index (κ2) is 9.85. The molecule has 184 valence electrons. The van der Waals surface area contributed by atoms with E-state index in [0.717, 1.165) is 98.6 Å². The first-order valence-electron chi connectivity index (χ1n) is 12.8. The number of thiophene rings is 1. The van der Waals surface area contributed by atoms with Crippen LogP contribution in [0, 0.1) is 5.92 Å². The van der Waals surface area contributed by atoms with Gasteiger partial charge in [0, 0.05) is 79.9 Å². The van der Waals surface area contributed by atoms with Crippen molar-refractivity contribution in [3.05, 3.63) is 41.4 Å². The van der Waals surface area contributed by atoms with Gasteiger partial charge in [0.25, 0.3) is 0 Å². The maximum absolute atomic E-state index is 5.64. The van der Waals surface area contributed by atoms with Gasteiger partial charge in [0.2, 0.25) is 0 Å². The summed E-state index contributed by atoms with van der Waals surface area (Å²) >= 11 is 1.86. The van der Waals surface area contributed by atoms with Gasteiger partial charge in [0.15, 0.2) is 11.6 Å². The van der Waals surface area contributed by atoms with E-state index >= 15 is 0 Å². The number of fused-ring (bicyclic) bond motifs is 2. The largest absolute Gasteiger partial charge is 0.378 e. The lowest BCUT2D eigenvalue weighted by molar-refractivity contribution is 0.118. The molecule has 8 heteroatoms. The summed E-state index contributed by atoms with van der Waals surface area (Å²) < 4.78 is 6.84. The first-order chi connectivity index (χ1) is 17.1. The number of hydrogen-bond acceptors (Lipinski definition) is 7. The Morgan fingerprint density at radius 1 is 1.00 bits per heavy atom. The molecule has 4 aromatic rings. The molecule has 0 aliphatic carbocycles. The van der Waals surface area contributed by atoms with Crippen molar-refractivity contribution < 1.29 is 4.74 Å². The van der Waals surface area contributed by atoms with Crippen LogP contribution in [0.3, 0.4) is 0 Å². The maximum Gasteiger partial charge on any atom is 0.162 e. The van der Waals surface area contributed by atoms with Gasteiger partial charge in [0.1, 0.15) is 0 Å². The number of ether oxygens (including phenoxy) is 1. The Bertz CT molecular complexity index is 1300. The number of morpholine rings is 1. The quantitative estimate of drug-likeness (QED) is 0.431. The number of benzene rings is 1. The highest BCUT2D eigenvalue weighted by Gasteiger charge is 2.23. The summed E-state index contributed by atoms with van der Waals surface area (Å²) in [5.74, 6) is 2.59. The number of aromatic amines is 1. The Morgan fingerprint density at radius 3 is 2.60 bits per heavy atom. The van der Waals surface area contributed by atoms with Gasteiger partial charge in [-0.15, -0.1) is 11.3 Å². The second-order valence-corrected chi connectivity index (χ2v) is 11.2. The van der Waals surface area contributed by atoms with Crippen molar-refractivity contribution in [3.63, 3.8) is 0 Å². The van der Waals surface area contributed by atoms with Gasteiger partial charge in [-0.3, -0.25) is 4.90 Å². The van der Waals surface area contributed by atoms with E-state index in [-0.39, 0.29) is 0 Å². The number of piperazine rings is 1. The van der Waals surface area contributed by atoms with E-state index in [4.69, 9.17) is 14.7 Å². The summed E-state index contributed by atoms with van der Waals surface area (Å²) in [6.07, 6.45) is 1.99. The number of anilines is 1. The zero-order valence-electron chi connectivity index (χ0n) is 20.7. The maximum atomic E-state index is 5.64. The first-order valence-corrected chi connectivity index (χ1v) is 13.6. The minimum Gasteiger partial charge on any atom is -0.378 e. The van der Waals surface area contributed by atoms with Crippen molar-refractivity contribution >= 4 is 38.3 Å². The average molecular weight is 491 g/mol. The van der Waals surface area contributed by atoms with Crippen molar-refractivity contribution in [2.24, 2.45) is 5.92 Å². The van der Waals surface area contributed by atoms with Crippen LogP contribution in [0.5, 0.6) is 0 Å². The molecule has 2 aliphatic rings. The van der Waals surface area contributed by atoms with Gasteiger partial charge in [0.05, 0.1) is 23.4 Å². The van der Waals surface area contributed by atoms with Gasteiger partial charge >= 0.3 is 0 Å². The summed E-state index contributed by atoms with van der Waals surface area (Å²) in [5, 5.41) is 1.16. The summed E-state index contributed by atoms with van der Waals surface area (Å²) in [6.45, 7) is 14.6. The monoisotopic (exact) mass is 490 g/mol. The summed E-state index contributed by atoms with van der Waals surface area (Å²) in [4.78, 5) is 22.5. The predicted octanol–water partition coefficient (Wildman–Crippen LogP) is 4.45. The van der Waals surface area contributed by atoms with E-state index in [1.165, 1.54) is 16.1 Å². The van der Waals surface area contributed by atoms with Crippen LogP contribution in [0.15, 0.2) is 36.5 Å². The van der Waals surface area contributed by atoms with Crippen LogP contribution in [-0.4, -0.2) is 83.8 Å². The molecule has 0 spiro atoms. The topological polar surface area (TPSA) is 60.5 Å². The fourth-order valence-corrected chi connectivity index (χ4v) is 6.45. The van der Waals surface area contributed by atoms with Gasteiger partial charge < -0.3 is 19.5 Å². The van der Waals surface area contributed by atoms with Gasteiger partial charge in [-0.05, 0) is 24.1 Å². The third-order valence-electron chi connectivity index (χ3n) is 7.02. The molecule has 0 saturated carbocycles. The smallest absolute Gasteiger partial charge is 0.162 e. The fraction of sp³-hybridized carbons (Fsp3) is 0.481. The third-order valence-corrected chi connectivity index (χ3v) is 8.12. The normalized spacial score (nSPS) is 18.3.